The van der Waals surface area contributed by atoms with Crippen LogP contribution in [0, 0.1) is 0 Å². The lowest BCUT2D eigenvalue weighted by atomic mass is 10.1. The number of amides is 2. The molecule has 3 rings (SSSR count). The van der Waals surface area contributed by atoms with Gasteiger partial charge in [0.1, 0.15) is 5.75 Å². The van der Waals surface area contributed by atoms with Crippen molar-refractivity contribution in [2.75, 3.05) is 38.6 Å². The highest BCUT2D eigenvalue weighted by Gasteiger charge is 2.30. The van der Waals surface area contributed by atoms with E-state index in [1.54, 1.807) is 36.3 Å². The van der Waals surface area contributed by atoms with Gasteiger partial charge < -0.3 is 15.0 Å². The Morgan fingerprint density at radius 3 is 2.36 bits per heavy atom. The van der Waals surface area contributed by atoms with E-state index in [-0.39, 0.29) is 6.03 Å². The summed E-state index contributed by atoms with van der Waals surface area (Å²) in [6.07, 6.45) is -4.32. The minimum Gasteiger partial charge on any atom is -0.497 e. The van der Waals surface area contributed by atoms with E-state index in [1.165, 1.54) is 12.1 Å². The second kappa shape index (κ2) is 8.52. The molecule has 2 amide bonds. The van der Waals surface area contributed by atoms with Crippen LogP contribution in [0.15, 0.2) is 48.5 Å². The molecule has 0 bridgehead atoms. The number of carbonyl (C=O) groups is 1. The minimum atomic E-state index is -4.32. The number of hydrogen-bond acceptors (Lipinski definition) is 3. The van der Waals surface area contributed by atoms with Gasteiger partial charge in [-0.2, -0.15) is 13.2 Å². The Labute approximate surface area is 161 Å². The Kier molecular flexibility index (Phi) is 6.08. The summed E-state index contributed by atoms with van der Waals surface area (Å²) in [7, 11) is 1.57. The number of halogens is 3. The molecule has 150 valence electrons. The molecule has 0 radical (unpaired) electrons. The maximum absolute atomic E-state index is 12.6. The number of nitrogens with zero attached hydrogens (tertiary/aromatic N) is 2. The average Bonchev–Trinajstić information content (AvgIpc) is 2.68. The molecule has 1 aliphatic rings. The van der Waals surface area contributed by atoms with Gasteiger partial charge in [-0.3, -0.25) is 4.90 Å². The summed E-state index contributed by atoms with van der Waals surface area (Å²) in [6, 6.07) is 12.2. The van der Waals surface area contributed by atoms with Gasteiger partial charge in [0, 0.05) is 44.5 Å². The Bertz CT molecular complexity index is 801. The maximum Gasteiger partial charge on any atom is 0.416 e. The number of benzene rings is 2. The fourth-order valence-electron chi connectivity index (χ4n) is 3.07. The molecule has 28 heavy (non-hydrogen) atoms. The van der Waals surface area contributed by atoms with Crippen LogP contribution in [0.25, 0.3) is 0 Å². The summed E-state index contributed by atoms with van der Waals surface area (Å²) in [5.74, 6) is 0.666. The standard InChI is InChI=1S/C20H22F3N3O2/c1-28-18-4-2-3-17(13-18)24-19(27)26-11-9-25(10-12-26)14-15-5-7-16(8-6-15)20(21,22)23/h2-8,13H,9-12,14H2,1H3,(H,24,27). The molecule has 0 aromatic heterocycles. The Morgan fingerprint density at radius 2 is 1.75 bits per heavy atom. The van der Waals surface area contributed by atoms with Crippen LogP contribution in [0.5, 0.6) is 5.75 Å². The van der Waals surface area contributed by atoms with Gasteiger partial charge >= 0.3 is 12.2 Å². The Hall–Kier alpha value is -2.74. The lowest BCUT2D eigenvalue weighted by Gasteiger charge is -2.34. The number of carbonyl (C=O) groups excluding carboxylic acids is 1. The summed E-state index contributed by atoms with van der Waals surface area (Å²) in [5, 5.41) is 2.85. The Morgan fingerprint density at radius 1 is 1.07 bits per heavy atom. The molecular weight excluding hydrogens is 371 g/mol. The van der Waals surface area contributed by atoms with Gasteiger partial charge in [-0.1, -0.05) is 18.2 Å². The molecule has 0 spiro atoms. The third-order valence-electron chi connectivity index (χ3n) is 4.67. The predicted octanol–water partition coefficient (Wildman–Crippen LogP) is 4.06. The van der Waals surface area contributed by atoms with Crippen molar-refractivity contribution < 1.29 is 22.7 Å². The van der Waals surface area contributed by atoms with E-state index in [1.807, 2.05) is 0 Å². The molecule has 0 unspecified atom stereocenters. The highest BCUT2D eigenvalue weighted by atomic mass is 19.4. The van der Waals surface area contributed by atoms with Crippen LogP contribution in [-0.2, 0) is 12.7 Å². The van der Waals surface area contributed by atoms with Crippen molar-refractivity contribution in [2.45, 2.75) is 12.7 Å². The van der Waals surface area contributed by atoms with Crippen LogP contribution in [0.4, 0.5) is 23.7 Å². The number of piperazine rings is 1. The zero-order chi connectivity index (χ0) is 20.1. The van der Waals surface area contributed by atoms with Crippen molar-refractivity contribution in [2.24, 2.45) is 0 Å². The normalized spacial score (nSPS) is 15.4. The molecule has 5 nitrogen and oxygen atoms in total. The zero-order valence-corrected chi connectivity index (χ0v) is 15.5. The number of methoxy groups -OCH3 is 1. The van der Waals surface area contributed by atoms with Gasteiger partial charge in [-0.25, -0.2) is 4.79 Å². The number of nitrogens with one attached hydrogen (secondary N) is 1. The molecule has 2 aromatic carbocycles. The summed E-state index contributed by atoms with van der Waals surface area (Å²) in [4.78, 5) is 16.3. The van der Waals surface area contributed by atoms with Crippen LogP contribution >= 0.6 is 0 Å². The minimum absolute atomic E-state index is 0.178. The van der Waals surface area contributed by atoms with Crippen LogP contribution in [0.1, 0.15) is 11.1 Å². The number of hydrogen-bond donors (Lipinski definition) is 1. The van der Waals surface area contributed by atoms with E-state index in [4.69, 9.17) is 4.74 Å². The smallest absolute Gasteiger partial charge is 0.416 e. The number of alkyl halides is 3. The molecule has 1 saturated heterocycles. The molecular formula is C20H22F3N3O2. The Balaban J connectivity index is 1.49. The molecule has 2 aromatic rings. The van der Waals surface area contributed by atoms with E-state index in [0.717, 1.165) is 17.7 Å². The molecule has 8 heteroatoms. The van der Waals surface area contributed by atoms with Crippen LogP contribution < -0.4 is 10.1 Å². The number of rotatable bonds is 4. The van der Waals surface area contributed by atoms with Crippen molar-refractivity contribution in [3.63, 3.8) is 0 Å². The lowest BCUT2D eigenvalue weighted by Crippen LogP contribution is -2.49. The summed E-state index contributed by atoms with van der Waals surface area (Å²) in [6.45, 7) is 2.98. The fraction of sp³-hybridized carbons (Fsp3) is 0.350. The first-order chi connectivity index (χ1) is 13.3. The average molecular weight is 393 g/mol. The van der Waals surface area contributed by atoms with E-state index in [9.17, 15) is 18.0 Å². The van der Waals surface area contributed by atoms with Gasteiger partial charge in [0.05, 0.1) is 12.7 Å². The van der Waals surface area contributed by atoms with Gasteiger partial charge in [-0.15, -0.1) is 0 Å². The number of urea groups is 1. The second-order valence-corrected chi connectivity index (χ2v) is 6.62. The maximum atomic E-state index is 12.6. The molecule has 1 heterocycles. The van der Waals surface area contributed by atoms with Crippen molar-refractivity contribution in [3.05, 3.63) is 59.7 Å². The second-order valence-electron chi connectivity index (χ2n) is 6.62. The fourth-order valence-corrected chi connectivity index (χ4v) is 3.07. The van der Waals surface area contributed by atoms with Crippen LogP contribution in [-0.4, -0.2) is 49.1 Å². The van der Waals surface area contributed by atoms with Gasteiger partial charge in [0.15, 0.2) is 0 Å². The first-order valence-electron chi connectivity index (χ1n) is 8.93. The van der Waals surface area contributed by atoms with Gasteiger partial charge in [0.2, 0.25) is 0 Å². The monoisotopic (exact) mass is 393 g/mol. The summed E-state index contributed by atoms with van der Waals surface area (Å²) in [5.41, 5.74) is 0.842. The first-order valence-corrected chi connectivity index (χ1v) is 8.93. The summed E-state index contributed by atoms with van der Waals surface area (Å²) < 4.78 is 43.0. The zero-order valence-electron chi connectivity index (χ0n) is 15.5. The van der Waals surface area contributed by atoms with Crippen LogP contribution in [0.3, 0.4) is 0 Å². The molecule has 0 aliphatic carbocycles. The molecule has 1 N–H and O–H groups in total. The number of anilines is 1. The topological polar surface area (TPSA) is 44.8 Å². The first kappa shape index (κ1) is 20.0. The van der Waals surface area contributed by atoms with Crippen molar-refractivity contribution in [1.82, 2.24) is 9.80 Å². The largest absolute Gasteiger partial charge is 0.497 e. The highest BCUT2D eigenvalue weighted by molar-refractivity contribution is 5.89. The molecule has 1 aliphatic heterocycles. The molecule has 0 saturated carbocycles. The third kappa shape index (κ3) is 5.16. The third-order valence-corrected chi connectivity index (χ3v) is 4.67. The molecule has 1 fully saturated rings. The quantitative estimate of drug-likeness (QED) is 0.852. The van der Waals surface area contributed by atoms with Gasteiger partial charge in [0.25, 0.3) is 0 Å². The summed E-state index contributed by atoms with van der Waals surface area (Å²) >= 11 is 0. The van der Waals surface area contributed by atoms with Gasteiger partial charge in [-0.05, 0) is 29.8 Å². The van der Waals surface area contributed by atoms with Crippen molar-refractivity contribution in [1.29, 1.82) is 0 Å². The lowest BCUT2D eigenvalue weighted by molar-refractivity contribution is -0.137. The van der Waals surface area contributed by atoms with E-state index in [0.29, 0.717) is 44.2 Å². The molecule has 0 atom stereocenters. The van der Waals surface area contributed by atoms with E-state index in [2.05, 4.69) is 10.2 Å². The van der Waals surface area contributed by atoms with Crippen molar-refractivity contribution >= 4 is 11.7 Å². The SMILES string of the molecule is COc1cccc(NC(=O)N2CCN(Cc3ccc(C(F)(F)F)cc3)CC2)c1. The van der Waals surface area contributed by atoms with Crippen molar-refractivity contribution in [3.8, 4) is 5.75 Å². The van der Waals surface area contributed by atoms with Crippen LogP contribution in [0.2, 0.25) is 0 Å². The van der Waals surface area contributed by atoms with E-state index < -0.39 is 11.7 Å². The highest BCUT2D eigenvalue weighted by Crippen LogP contribution is 2.29. The predicted molar refractivity (Wildman–Crippen MR) is 100 cm³/mol. The van der Waals surface area contributed by atoms with E-state index >= 15 is 0 Å². The number of ether oxygens (including phenoxy) is 1.